The molecule has 0 saturated heterocycles. The molecule has 0 bridgehead atoms. The maximum absolute atomic E-state index is 12.5. The first-order valence-electron chi connectivity index (χ1n) is 10.3. The third-order valence-electron chi connectivity index (χ3n) is 4.65. The van der Waals surface area contributed by atoms with Crippen molar-refractivity contribution in [1.29, 1.82) is 5.26 Å². The molecule has 0 unspecified atom stereocenters. The van der Waals surface area contributed by atoms with Gasteiger partial charge in [-0.2, -0.15) is 5.26 Å². The van der Waals surface area contributed by atoms with E-state index in [1.807, 2.05) is 6.07 Å². The minimum Gasteiger partial charge on any atom is -0.489 e. The van der Waals surface area contributed by atoms with Gasteiger partial charge in [0.25, 0.3) is 5.91 Å². The molecule has 3 rings (SSSR count). The van der Waals surface area contributed by atoms with Gasteiger partial charge in [-0.15, -0.1) is 0 Å². The first kappa shape index (κ1) is 24.8. The first-order chi connectivity index (χ1) is 16.4. The van der Waals surface area contributed by atoms with E-state index in [-0.39, 0.29) is 18.8 Å². The Morgan fingerprint density at radius 1 is 1.00 bits per heavy atom. The number of rotatable bonds is 8. The number of ether oxygens (including phenoxy) is 2. The molecule has 0 aromatic heterocycles. The van der Waals surface area contributed by atoms with Crippen molar-refractivity contribution in [2.75, 3.05) is 11.9 Å². The molecule has 6 nitrogen and oxygen atoms in total. The quantitative estimate of drug-likeness (QED) is 0.225. The maximum Gasteiger partial charge on any atom is 0.338 e. The number of anilines is 1. The highest BCUT2D eigenvalue weighted by Gasteiger charge is 2.11. The van der Waals surface area contributed by atoms with Crippen LogP contribution in [0.2, 0.25) is 10.0 Å². The van der Waals surface area contributed by atoms with E-state index in [0.717, 1.165) is 0 Å². The molecule has 0 fully saturated rings. The Morgan fingerprint density at radius 3 is 2.24 bits per heavy atom. The topological polar surface area (TPSA) is 88.4 Å². The zero-order valence-corrected chi connectivity index (χ0v) is 19.7. The van der Waals surface area contributed by atoms with E-state index < -0.39 is 11.9 Å². The van der Waals surface area contributed by atoms with Crippen molar-refractivity contribution in [1.82, 2.24) is 0 Å². The van der Waals surface area contributed by atoms with Crippen LogP contribution in [0.1, 0.15) is 28.4 Å². The van der Waals surface area contributed by atoms with Crippen molar-refractivity contribution in [2.24, 2.45) is 0 Å². The summed E-state index contributed by atoms with van der Waals surface area (Å²) in [6, 6.07) is 20.2. The predicted molar refractivity (Wildman–Crippen MR) is 132 cm³/mol. The van der Waals surface area contributed by atoms with E-state index in [9.17, 15) is 14.9 Å². The number of esters is 1. The number of nitrogens with one attached hydrogen (secondary N) is 1. The fraction of sp³-hybridized carbons (Fsp3) is 0.115. The van der Waals surface area contributed by atoms with Crippen molar-refractivity contribution >= 4 is 46.8 Å². The van der Waals surface area contributed by atoms with Gasteiger partial charge in [0, 0.05) is 21.3 Å². The van der Waals surface area contributed by atoms with Gasteiger partial charge in [0.05, 0.1) is 12.2 Å². The molecule has 0 saturated carbocycles. The Labute approximate surface area is 207 Å². The second-order valence-electron chi connectivity index (χ2n) is 6.98. The number of nitrogens with zero attached hydrogens (tertiary/aromatic N) is 1. The summed E-state index contributed by atoms with van der Waals surface area (Å²) in [6.07, 6.45) is 1.47. The SMILES string of the molecule is CCOC(=O)c1ccc(NC(=O)/C(C#N)=C/c2ccc(OCc3c(Cl)cccc3Cl)cc2)cc1. The largest absolute Gasteiger partial charge is 0.489 e. The van der Waals surface area contributed by atoms with Crippen molar-refractivity contribution in [3.05, 3.63) is 99.0 Å². The number of hydrogen-bond acceptors (Lipinski definition) is 5. The molecular weight excluding hydrogens is 475 g/mol. The molecule has 8 heteroatoms. The Kier molecular flexibility index (Phi) is 8.69. The lowest BCUT2D eigenvalue weighted by Crippen LogP contribution is -2.13. The van der Waals surface area contributed by atoms with E-state index in [1.54, 1.807) is 61.5 Å². The van der Waals surface area contributed by atoms with Crippen molar-refractivity contribution in [3.8, 4) is 11.8 Å². The van der Waals surface area contributed by atoms with Crippen LogP contribution in [0.25, 0.3) is 6.08 Å². The Balaban J connectivity index is 1.63. The summed E-state index contributed by atoms with van der Waals surface area (Å²) in [4.78, 5) is 24.2. The van der Waals surface area contributed by atoms with E-state index in [2.05, 4.69) is 5.32 Å². The second-order valence-corrected chi connectivity index (χ2v) is 7.79. The molecule has 0 aliphatic carbocycles. The first-order valence-corrected chi connectivity index (χ1v) is 11.0. The van der Waals surface area contributed by atoms with Gasteiger partial charge in [0.1, 0.15) is 24.0 Å². The van der Waals surface area contributed by atoms with Crippen molar-refractivity contribution < 1.29 is 19.1 Å². The van der Waals surface area contributed by atoms with Gasteiger partial charge in [-0.3, -0.25) is 4.79 Å². The average Bonchev–Trinajstić information content (AvgIpc) is 2.83. The monoisotopic (exact) mass is 494 g/mol. The summed E-state index contributed by atoms with van der Waals surface area (Å²) in [6.45, 7) is 2.20. The molecule has 0 heterocycles. The molecule has 0 aliphatic heterocycles. The maximum atomic E-state index is 12.5. The van der Waals surface area contributed by atoms with E-state index in [0.29, 0.717) is 38.2 Å². The number of carbonyl (C=O) groups is 2. The van der Waals surface area contributed by atoms with Gasteiger partial charge in [0.2, 0.25) is 0 Å². The Morgan fingerprint density at radius 2 is 1.65 bits per heavy atom. The second kappa shape index (κ2) is 11.9. The normalized spacial score (nSPS) is 10.8. The van der Waals surface area contributed by atoms with Gasteiger partial charge in [0.15, 0.2) is 0 Å². The summed E-state index contributed by atoms with van der Waals surface area (Å²) in [5, 5.41) is 13.1. The molecule has 34 heavy (non-hydrogen) atoms. The third-order valence-corrected chi connectivity index (χ3v) is 5.36. The highest BCUT2D eigenvalue weighted by molar-refractivity contribution is 6.35. The molecule has 3 aromatic rings. The van der Waals surface area contributed by atoms with Crippen LogP contribution in [0.4, 0.5) is 5.69 Å². The Hall–Kier alpha value is -3.79. The van der Waals surface area contributed by atoms with Gasteiger partial charge in [-0.25, -0.2) is 4.79 Å². The smallest absolute Gasteiger partial charge is 0.338 e. The number of nitriles is 1. The van der Waals surface area contributed by atoms with Crippen LogP contribution >= 0.6 is 23.2 Å². The van der Waals surface area contributed by atoms with E-state index >= 15 is 0 Å². The predicted octanol–water partition coefficient (Wildman–Crippen LogP) is 6.29. The van der Waals surface area contributed by atoms with Gasteiger partial charge < -0.3 is 14.8 Å². The summed E-state index contributed by atoms with van der Waals surface area (Å²) >= 11 is 12.3. The minimum absolute atomic E-state index is 0.0778. The summed E-state index contributed by atoms with van der Waals surface area (Å²) in [5.74, 6) is -0.432. The van der Waals surface area contributed by atoms with Crippen LogP contribution < -0.4 is 10.1 Å². The number of halogens is 2. The zero-order chi connectivity index (χ0) is 24.5. The zero-order valence-electron chi connectivity index (χ0n) is 18.2. The highest BCUT2D eigenvalue weighted by atomic mass is 35.5. The average molecular weight is 495 g/mol. The molecule has 1 amide bonds. The van der Waals surface area contributed by atoms with Crippen LogP contribution in [0.3, 0.4) is 0 Å². The van der Waals surface area contributed by atoms with E-state index in [1.165, 1.54) is 18.2 Å². The van der Waals surface area contributed by atoms with Gasteiger partial charge in [-0.05, 0) is 67.1 Å². The fourth-order valence-electron chi connectivity index (χ4n) is 2.90. The number of hydrogen-bond donors (Lipinski definition) is 1. The van der Waals surface area contributed by atoms with Crippen LogP contribution in [-0.4, -0.2) is 18.5 Å². The molecule has 0 aliphatic rings. The third kappa shape index (κ3) is 6.61. The lowest BCUT2D eigenvalue weighted by molar-refractivity contribution is -0.112. The summed E-state index contributed by atoms with van der Waals surface area (Å²) < 4.78 is 10.7. The van der Waals surface area contributed by atoms with Crippen molar-refractivity contribution in [3.63, 3.8) is 0 Å². The van der Waals surface area contributed by atoms with Crippen LogP contribution in [0.5, 0.6) is 5.75 Å². The van der Waals surface area contributed by atoms with Gasteiger partial charge >= 0.3 is 5.97 Å². The summed E-state index contributed by atoms with van der Waals surface area (Å²) in [5.41, 5.74) is 2.07. The van der Waals surface area contributed by atoms with Gasteiger partial charge in [-0.1, -0.05) is 41.4 Å². The molecule has 0 atom stereocenters. The van der Waals surface area contributed by atoms with Crippen molar-refractivity contribution in [2.45, 2.75) is 13.5 Å². The lowest BCUT2D eigenvalue weighted by atomic mass is 10.1. The Bertz CT molecular complexity index is 1230. The lowest BCUT2D eigenvalue weighted by Gasteiger charge is -2.09. The number of carbonyl (C=O) groups excluding carboxylic acids is 2. The molecular formula is C26H20Cl2N2O4. The standard InChI is InChI=1S/C26H20Cl2N2O4/c1-2-33-26(32)18-8-10-20(11-9-18)30-25(31)19(15-29)14-17-6-12-21(13-7-17)34-16-22-23(27)4-3-5-24(22)28/h3-14H,2,16H2,1H3,(H,30,31)/b19-14+. The van der Waals surface area contributed by atoms with Crippen LogP contribution in [0, 0.1) is 11.3 Å². The van der Waals surface area contributed by atoms with Crippen LogP contribution in [-0.2, 0) is 16.1 Å². The number of benzene rings is 3. The number of amides is 1. The fourth-order valence-corrected chi connectivity index (χ4v) is 3.41. The molecule has 0 spiro atoms. The van der Waals surface area contributed by atoms with Crippen LogP contribution in [0.15, 0.2) is 72.3 Å². The minimum atomic E-state index is -0.569. The van der Waals surface area contributed by atoms with E-state index in [4.69, 9.17) is 32.7 Å². The summed E-state index contributed by atoms with van der Waals surface area (Å²) in [7, 11) is 0. The molecule has 172 valence electrons. The molecule has 3 aromatic carbocycles. The molecule has 1 N–H and O–H groups in total. The highest BCUT2D eigenvalue weighted by Crippen LogP contribution is 2.26. The molecule has 0 radical (unpaired) electrons.